The number of carbonyl (C=O) groups is 1. The summed E-state index contributed by atoms with van der Waals surface area (Å²) in [6.07, 6.45) is 1.47. The highest BCUT2D eigenvalue weighted by Gasteiger charge is 2.26. The molecule has 8 heteroatoms. The number of ether oxygens (including phenoxy) is 1. The van der Waals surface area contributed by atoms with E-state index in [1.54, 1.807) is 0 Å². The molecule has 6 nitrogen and oxygen atoms in total. The molecule has 1 aliphatic heterocycles. The fourth-order valence-corrected chi connectivity index (χ4v) is 4.10. The van der Waals surface area contributed by atoms with E-state index in [0.29, 0.717) is 19.6 Å². The van der Waals surface area contributed by atoms with Gasteiger partial charge in [0.05, 0.1) is 17.1 Å². The Morgan fingerprint density at radius 1 is 1.48 bits per heavy atom. The van der Waals surface area contributed by atoms with Crippen molar-refractivity contribution in [2.45, 2.75) is 30.7 Å². The number of benzene rings is 1. The van der Waals surface area contributed by atoms with Gasteiger partial charge in [0.1, 0.15) is 0 Å². The summed E-state index contributed by atoms with van der Waals surface area (Å²) in [6, 6.07) is 2.19. The van der Waals surface area contributed by atoms with Crippen molar-refractivity contribution in [1.29, 1.82) is 0 Å². The predicted octanol–water partition coefficient (Wildman–Crippen LogP) is 1.80. The summed E-state index contributed by atoms with van der Waals surface area (Å²) in [5, 5.41) is 9.18. The lowest BCUT2D eigenvalue weighted by molar-refractivity contribution is 0.0695. The molecule has 1 unspecified atom stereocenters. The lowest BCUT2D eigenvalue weighted by Gasteiger charge is -2.23. The number of sulfonamides is 1. The van der Waals surface area contributed by atoms with Crippen LogP contribution in [0.4, 0.5) is 0 Å². The smallest absolute Gasteiger partial charge is 0.336 e. The van der Waals surface area contributed by atoms with Crippen LogP contribution in [0.2, 0.25) is 5.02 Å². The number of rotatable bonds is 4. The van der Waals surface area contributed by atoms with Gasteiger partial charge in [-0.1, -0.05) is 11.6 Å². The molecule has 1 saturated heterocycles. The number of carboxylic acids is 1. The van der Waals surface area contributed by atoms with Crippen molar-refractivity contribution in [2.24, 2.45) is 0 Å². The third-order valence-electron chi connectivity index (χ3n) is 3.33. The van der Waals surface area contributed by atoms with Crippen molar-refractivity contribution in [2.75, 3.05) is 13.2 Å². The fraction of sp³-hybridized carbons (Fsp3) is 0.462. The molecule has 1 aromatic carbocycles. The summed E-state index contributed by atoms with van der Waals surface area (Å²) in [6.45, 7) is 2.38. The molecule has 1 aromatic rings. The Bertz CT molecular complexity index is 653. The molecular weight excluding hydrogens is 318 g/mol. The first kappa shape index (κ1) is 16.2. The van der Waals surface area contributed by atoms with E-state index in [4.69, 9.17) is 21.4 Å². The van der Waals surface area contributed by atoms with E-state index in [1.165, 1.54) is 19.1 Å². The third-order valence-corrected chi connectivity index (χ3v) is 5.19. The van der Waals surface area contributed by atoms with Crippen LogP contribution in [-0.2, 0) is 14.8 Å². The van der Waals surface area contributed by atoms with Crippen LogP contribution < -0.4 is 4.72 Å². The minimum absolute atomic E-state index is 0.0678. The highest BCUT2D eigenvalue weighted by molar-refractivity contribution is 7.89. The van der Waals surface area contributed by atoms with Crippen LogP contribution in [0.1, 0.15) is 28.8 Å². The Morgan fingerprint density at radius 3 is 2.76 bits per heavy atom. The van der Waals surface area contributed by atoms with Crippen LogP contribution >= 0.6 is 11.6 Å². The van der Waals surface area contributed by atoms with Crippen LogP contribution in [0.3, 0.4) is 0 Å². The van der Waals surface area contributed by atoms with E-state index >= 15 is 0 Å². The minimum Gasteiger partial charge on any atom is -0.478 e. The van der Waals surface area contributed by atoms with Gasteiger partial charge >= 0.3 is 5.97 Å². The van der Waals surface area contributed by atoms with Crippen LogP contribution in [0.5, 0.6) is 0 Å². The summed E-state index contributed by atoms with van der Waals surface area (Å²) in [7, 11) is -3.85. The molecule has 1 heterocycles. The van der Waals surface area contributed by atoms with E-state index < -0.39 is 16.0 Å². The Kier molecular flexibility index (Phi) is 4.88. The standard InChI is InChI=1S/C13H16ClNO5S/c1-8-11(13(16)17)5-9(14)6-12(8)21(18,19)15-10-3-2-4-20-7-10/h5-6,10,15H,2-4,7H2,1H3,(H,16,17). The second-order valence-corrected chi connectivity index (χ2v) is 7.04. The molecule has 1 aliphatic rings. The molecule has 0 amide bonds. The zero-order valence-corrected chi connectivity index (χ0v) is 13.0. The molecular formula is C13H16ClNO5S. The van der Waals surface area contributed by atoms with Gasteiger partial charge in [-0.05, 0) is 37.5 Å². The molecule has 21 heavy (non-hydrogen) atoms. The quantitative estimate of drug-likeness (QED) is 0.876. The maximum Gasteiger partial charge on any atom is 0.336 e. The maximum atomic E-state index is 12.4. The summed E-state index contributed by atoms with van der Waals surface area (Å²) in [5.41, 5.74) is 0.0406. The van der Waals surface area contributed by atoms with Crippen LogP contribution in [0.15, 0.2) is 17.0 Å². The van der Waals surface area contributed by atoms with Gasteiger partial charge in [-0.15, -0.1) is 0 Å². The predicted molar refractivity (Wildman–Crippen MR) is 77.3 cm³/mol. The Balaban J connectivity index is 2.37. The van der Waals surface area contributed by atoms with Gasteiger partial charge in [-0.2, -0.15) is 0 Å². The number of hydrogen-bond acceptors (Lipinski definition) is 4. The molecule has 2 N–H and O–H groups in total. The molecule has 0 radical (unpaired) electrons. The van der Waals surface area contributed by atoms with Gasteiger partial charge in [0.15, 0.2) is 0 Å². The normalized spacial score (nSPS) is 19.4. The fourth-order valence-electron chi connectivity index (χ4n) is 2.27. The highest BCUT2D eigenvalue weighted by atomic mass is 35.5. The number of nitrogens with one attached hydrogen (secondary N) is 1. The Labute approximate surface area is 128 Å². The second-order valence-electron chi connectivity index (χ2n) is 4.92. The monoisotopic (exact) mass is 333 g/mol. The Hall–Kier alpha value is -1.15. The summed E-state index contributed by atoms with van der Waals surface area (Å²) < 4.78 is 32.6. The largest absolute Gasteiger partial charge is 0.478 e. The number of aromatic carboxylic acids is 1. The summed E-state index contributed by atoms with van der Waals surface area (Å²) in [5.74, 6) is -1.22. The van der Waals surface area contributed by atoms with E-state index in [1.807, 2.05) is 0 Å². The summed E-state index contributed by atoms with van der Waals surface area (Å²) in [4.78, 5) is 11.0. The minimum atomic E-state index is -3.85. The maximum absolute atomic E-state index is 12.4. The molecule has 0 spiro atoms. The van der Waals surface area contributed by atoms with Crippen molar-refractivity contribution >= 4 is 27.6 Å². The molecule has 2 rings (SSSR count). The molecule has 0 bridgehead atoms. The SMILES string of the molecule is Cc1c(C(=O)O)cc(Cl)cc1S(=O)(=O)NC1CCCOC1. The lowest BCUT2D eigenvalue weighted by atomic mass is 10.1. The molecule has 1 atom stereocenters. The van der Waals surface area contributed by atoms with Gasteiger partial charge in [0, 0.05) is 17.7 Å². The molecule has 0 aliphatic carbocycles. The third kappa shape index (κ3) is 3.74. The lowest BCUT2D eigenvalue weighted by Crippen LogP contribution is -2.40. The van der Waals surface area contributed by atoms with E-state index in [-0.39, 0.29) is 27.1 Å². The zero-order valence-electron chi connectivity index (χ0n) is 11.4. The number of halogens is 1. The van der Waals surface area contributed by atoms with Gasteiger partial charge in [-0.3, -0.25) is 0 Å². The van der Waals surface area contributed by atoms with E-state index in [9.17, 15) is 13.2 Å². The van der Waals surface area contributed by atoms with Crippen molar-refractivity contribution in [3.8, 4) is 0 Å². The van der Waals surface area contributed by atoms with Crippen molar-refractivity contribution in [3.63, 3.8) is 0 Å². The van der Waals surface area contributed by atoms with Crippen molar-refractivity contribution < 1.29 is 23.1 Å². The molecule has 0 aromatic heterocycles. The number of carboxylic acid groups (broad SMARTS) is 1. The average molecular weight is 334 g/mol. The summed E-state index contributed by atoms with van der Waals surface area (Å²) >= 11 is 5.83. The molecule has 116 valence electrons. The molecule has 1 fully saturated rings. The van der Waals surface area contributed by atoms with Crippen molar-refractivity contribution in [1.82, 2.24) is 4.72 Å². The highest BCUT2D eigenvalue weighted by Crippen LogP contribution is 2.25. The first-order valence-electron chi connectivity index (χ1n) is 6.45. The zero-order chi connectivity index (χ0) is 15.6. The van der Waals surface area contributed by atoms with Gasteiger partial charge in [0.2, 0.25) is 10.0 Å². The van der Waals surface area contributed by atoms with Crippen LogP contribution in [0.25, 0.3) is 0 Å². The second kappa shape index (κ2) is 6.31. The average Bonchev–Trinajstić information content (AvgIpc) is 2.41. The van der Waals surface area contributed by atoms with Crippen molar-refractivity contribution in [3.05, 3.63) is 28.3 Å². The van der Waals surface area contributed by atoms with Gasteiger partial charge < -0.3 is 9.84 Å². The Morgan fingerprint density at radius 2 is 2.19 bits per heavy atom. The molecule has 0 saturated carbocycles. The van der Waals surface area contributed by atoms with Gasteiger partial charge in [0.25, 0.3) is 0 Å². The number of hydrogen-bond donors (Lipinski definition) is 2. The van der Waals surface area contributed by atoms with Gasteiger partial charge in [-0.25, -0.2) is 17.9 Å². The topological polar surface area (TPSA) is 92.7 Å². The first-order valence-corrected chi connectivity index (χ1v) is 8.31. The van der Waals surface area contributed by atoms with E-state index in [0.717, 1.165) is 6.42 Å². The van der Waals surface area contributed by atoms with E-state index in [2.05, 4.69) is 4.72 Å². The van der Waals surface area contributed by atoms with Crippen LogP contribution in [-0.4, -0.2) is 38.7 Å². The first-order chi connectivity index (χ1) is 9.81. The van der Waals surface area contributed by atoms with Crippen LogP contribution in [0, 0.1) is 6.92 Å².